The monoisotopic (exact) mass is 680 g/mol. The van der Waals surface area contributed by atoms with E-state index in [1.807, 2.05) is 0 Å². The first-order chi connectivity index (χ1) is 25.8. The lowest BCUT2D eigenvalue weighted by atomic mass is 9.93. The van der Waals surface area contributed by atoms with Crippen molar-refractivity contribution in [3.63, 3.8) is 0 Å². The number of hydrogen-bond donors (Lipinski definition) is 0. The second kappa shape index (κ2) is 11.5. The summed E-state index contributed by atoms with van der Waals surface area (Å²) in [5, 5.41) is 12.0. The van der Waals surface area contributed by atoms with Gasteiger partial charge in [0.2, 0.25) is 5.95 Å². The maximum Gasteiger partial charge on any atom is 0.238 e. The predicted molar refractivity (Wildman–Crippen MR) is 217 cm³/mol. The van der Waals surface area contributed by atoms with Gasteiger partial charge in [-0.25, -0.2) is 4.98 Å². The number of fused-ring (bicyclic) bond motifs is 11. The van der Waals surface area contributed by atoms with Crippen LogP contribution in [0.1, 0.15) is 0 Å². The molecule has 52 heavy (non-hydrogen) atoms. The fourth-order valence-electron chi connectivity index (χ4n) is 7.92. The van der Waals surface area contributed by atoms with Gasteiger partial charge < -0.3 is 0 Å². The summed E-state index contributed by atoms with van der Waals surface area (Å²) in [6, 6.07) is 60.4. The van der Waals surface area contributed by atoms with Crippen LogP contribution in [0.15, 0.2) is 180 Å². The molecule has 0 atom stereocenters. The summed E-state index contributed by atoms with van der Waals surface area (Å²) >= 11 is 1.78. The molecule has 0 bridgehead atoms. The van der Waals surface area contributed by atoms with Gasteiger partial charge in [-0.05, 0) is 90.3 Å². The van der Waals surface area contributed by atoms with Crippen LogP contribution in [0.5, 0.6) is 0 Å². The molecule has 10 aromatic rings. The molecular weight excluding hydrogens is 653 g/mol. The number of benzene rings is 9. The van der Waals surface area contributed by atoms with Crippen LogP contribution in [0, 0.1) is 0 Å². The lowest BCUT2D eigenvalue weighted by Crippen LogP contribution is -2.18. The van der Waals surface area contributed by atoms with E-state index >= 15 is 0 Å². The zero-order chi connectivity index (χ0) is 34.2. The summed E-state index contributed by atoms with van der Waals surface area (Å²) in [6.07, 6.45) is 0. The SMILES string of the molecule is c1ccc2c(c1)Sc1ccccc1N2c1nc(-c2ccc3c4ccccc4c4ccccc4c3c2)nc(-c2cc3ccccc3c3ccccc23)n1. The van der Waals surface area contributed by atoms with E-state index in [2.05, 4.69) is 175 Å². The molecule has 0 radical (unpaired) electrons. The van der Waals surface area contributed by atoms with Gasteiger partial charge in [0, 0.05) is 20.9 Å². The molecule has 242 valence electrons. The zero-order valence-electron chi connectivity index (χ0n) is 27.9. The molecule has 1 aliphatic rings. The quantitative estimate of drug-likeness (QED) is 0.174. The van der Waals surface area contributed by atoms with Crippen LogP contribution < -0.4 is 4.90 Å². The third-order valence-corrected chi connectivity index (χ3v) is 11.4. The van der Waals surface area contributed by atoms with E-state index in [0.29, 0.717) is 17.6 Å². The highest BCUT2D eigenvalue weighted by Crippen LogP contribution is 2.51. The van der Waals surface area contributed by atoms with Gasteiger partial charge in [-0.3, -0.25) is 4.90 Å². The van der Waals surface area contributed by atoms with E-state index in [1.54, 1.807) is 11.8 Å². The number of anilines is 3. The van der Waals surface area contributed by atoms with Gasteiger partial charge in [-0.1, -0.05) is 145 Å². The Morgan fingerprint density at radius 1 is 0.365 bits per heavy atom. The Morgan fingerprint density at radius 2 is 0.846 bits per heavy atom. The number of aromatic nitrogens is 3. The smallest absolute Gasteiger partial charge is 0.238 e. The van der Waals surface area contributed by atoms with Gasteiger partial charge in [-0.2, -0.15) is 9.97 Å². The van der Waals surface area contributed by atoms with Crippen molar-refractivity contribution in [2.45, 2.75) is 9.79 Å². The highest BCUT2D eigenvalue weighted by Gasteiger charge is 2.28. The fourth-order valence-corrected chi connectivity index (χ4v) is 8.98. The molecule has 4 nitrogen and oxygen atoms in total. The van der Waals surface area contributed by atoms with E-state index < -0.39 is 0 Å². The minimum Gasteiger partial charge on any atom is -0.277 e. The van der Waals surface area contributed by atoms with E-state index in [1.165, 1.54) is 43.1 Å². The fraction of sp³-hybridized carbons (Fsp3) is 0. The molecule has 0 amide bonds. The van der Waals surface area contributed by atoms with E-state index in [9.17, 15) is 0 Å². The summed E-state index contributed by atoms with van der Waals surface area (Å²) in [4.78, 5) is 20.5. The second-order valence-corrected chi connectivity index (χ2v) is 14.3. The first-order valence-electron chi connectivity index (χ1n) is 17.5. The van der Waals surface area contributed by atoms with Crippen molar-refractivity contribution >= 4 is 82.9 Å². The van der Waals surface area contributed by atoms with Gasteiger partial charge in [0.1, 0.15) is 0 Å². The Hall–Kier alpha value is -6.56. The van der Waals surface area contributed by atoms with Crippen molar-refractivity contribution in [1.82, 2.24) is 15.0 Å². The van der Waals surface area contributed by atoms with Crippen LogP contribution in [0.4, 0.5) is 17.3 Å². The molecule has 2 heterocycles. The van der Waals surface area contributed by atoms with Crippen molar-refractivity contribution in [2.75, 3.05) is 4.90 Å². The van der Waals surface area contributed by atoms with Gasteiger partial charge in [0.15, 0.2) is 11.6 Å². The Bertz CT molecular complexity index is 3000. The van der Waals surface area contributed by atoms with Crippen molar-refractivity contribution < 1.29 is 0 Å². The van der Waals surface area contributed by atoms with Gasteiger partial charge in [0.05, 0.1) is 11.4 Å². The Kier molecular flexibility index (Phi) is 6.45. The Morgan fingerprint density at radius 3 is 1.50 bits per heavy atom. The number of nitrogens with zero attached hydrogens (tertiary/aromatic N) is 4. The standard InChI is InChI=1S/C47H28N4S/c1-2-14-31-29(13-1)27-40(37-20-8-3-15-32(31)37)46-48-45(49-47(50-46)51-41-21-9-11-23-43(41)52-44-24-12-10-22-42(44)51)30-25-26-38-35-18-5-4-16-33(35)34-17-6-7-19-36(34)39(38)28-30/h1-28H. The van der Waals surface area contributed by atoms with Crippen LogP contribution in [0.3, 0.4) is 0 Å². The summed E-state index contributed by atoms with van der Waals surface area (Å²) in [6.45, 7) is 0. The number of hydrogen-bond acceptors (Lipinski definition) is 5. The molecule has 0 fully saturated rings. The van der Waals surface area contributed by atoms with Gasteiger partial charge in [0.25, 0.3) is 0 Å². The molecule has 1 aromatic heterocycles. The predicted octanol–water partition coefficient (Wildman–Crippen LogP) is 12.9. The lowest BCUT2D eigenvalue weighted by Gasteiger charge is -2.31. The maximum atomic E-state index is 5.36. The second-order valence-electron chi connectivity index (χ2n) is 13.2. The first kappa shape index (κ1) is 29.2. The van der Waals surface area contributed by atoms with E-state index in [-0.39, 0.29) is 0 Å². The molecule has 11 rings (SSSR count). The van der Waals surface area contributed by atoms with E-state index in [4.69, 9.17) is 15.0 Å². The molecule has 0 saturated carbocycles. The summed E-state index contributed by atoms with van der Waals surface area (Å²) < 4.78 is 0. The third-order valence-electron chi connectivity index (χ3n) is 10.3. The molecule has 0 unspecified atom stereocenters. The minimum atomic E-state index is 0.584. The highest BCUT2D eigenvalue weighted by molar-refractivity contribution is 7.99. The Balaban J connectivity index is 1.22. The average molecular weight is 681 g/mol. The van der Waals surface area contributed by atoms with Crippen molar-refractivity contribution in [3.05, 3.63) is 170 Å². The van der Waals surface area contributed by atoms with Crippen molar-refractivity contribution in [1.29, 1.82) is 0 Å². The van der Waals surface area contributed by atoms with Crippen LogP contribution in [-0.2, 0) is 0 Å². The van der Waals surface area contributed by atoms with Crippen LogP contribution >= 0.6 is 11.8 Å². The topological polar surface area (TPSA) is 41.9 Å². The summed E-state index contributed by atoms with van der Waals surface area (Å²) in [5.41, 5.74) is 4.02. The molecule has 9 aromatic carbocycles. The molecule has 1 aliphatic heterocycles. The summed E-state index contributed by atoms with van der Waals surface area (Å²) in [7, 11) is 0. The Labute approximate surface area is 304 Å². The zero-order valence-corrected chi connectivity index (χ0v) is 28.7. The molecule has 0 saturated heterocycles. The van der Waals surface area contributed by atoms with Crippen LogP contribution in [-0.4, -0.2) is 15.0 Å². The van der Waals surface area contributed by atoms with Crippen molar-refractivity contribution in [2.24, 2.45) is 0 Å². The number of rotatable bonds is 3. The third kappa shape index (κ3) is 4.46. The average Bonchev–Trinajstić information content (AvgIpc) is 3.22. The maximum absolute atomic E-state index is 5.36. The molecule has 0 N–H and O–H groups in total. The summed E-state index contributed by atoms with van der Waals surface area (Å²) in [5.74, 6) is 1.85. The highest BCUT2D eigenvalue weighted by atomic mass is 32.2. The lowest BCUT2D eigenvalue weighted by molar-refractivity contribution is 1.00. The van der Waals surface area contributed by atoms with E-state index in [0.717, 1.165) is 43.1 Å². The molecule has 5 heteroatoms. The largest absolute Gasteiger partial charge is 0.277 e. The first-order valence-corrected chi connectivity index (χ1v) is 18.3. The van der Waals surface area contributed by atoms with Crippen LogP contribution in [0.25, 0.3) is 76.6 Å². The van der Waals surface area contributed by atoms with Crippen molar-refractivity contribution in [3.8, 4) is 22.8 Å². The molecule has 0 spiro atoms. The van der Waals surface area contributed by atoms with Gasteiger partial charge in [-0.15, -0.1) is 0 Å². The number of para-hydroxylation sites is 2. The molecule has 0 aliphatic carbocycles. The molecular formula is C47H28N4S. The van der Waals surface area contributed by atoms with Gasteiger partial charge >= 0.3 is 0 Å². The normalized spacial score (nSPS) is 12.5. The van der Waals surface area contributed by atoms with Crippen LogP contribution in [0.2, 0.25) is 0 Å². The minimum absolute atomic E-state index is 0.584.